The Morgan fingerprint density at radius 3 is 2.71 bits per heavy atom. The first-order valence-corrected chi connectivity index (χ1v) is 11.6. The molecule has 3 heterocycles. The summed E-state index contributed by atoms with van der Waals surface area (Å²) in [6.07, 6.45) is 5.78. The highest BCUT2D eigenvalue weighted by molar-refractivity contribution is 9.10. The first-order chi connectivity index (χ1) is 14.8. The molecule has 2 aromatic heterocycles. The van der Waals surface area contributed by atoms with Gasteiger partial charge in [-0.2, -0.15) is 10.1 Å². The second-order valence-electron chi connectivity index (χ2n) is 9.29. The molecule has 1 aliphatic heterocycles. The third-order valence-corrected chi connectivity index (χ3v) is 5.99. The van der Waals surface area contributed by atoms with Crippen molar-refractivity contribution in [2.75, 3.05) is 30.3 Å². The van der Waals surface area contributed by atoms with Gasteiger partial charge in [0, 0.05) is 37.8 Å². The monoisotopic (exact) mass is 491 g/mol. The molecule has 2 aliphatic rings. The van der Waals surface area contributed by atoms with E-state index in [4.69, 9.17) is 4.74 Å². The maximum Gasteiger partial charge on any atom is 0.410 e. The van der Waals surface area contributed by atoms with Gasteiger partial charge in [0.1, 0.15) is 11.4 Å². The van der Waals surface area contributed by atoms with Crippen molar-refractivity contribution in [1.29, 1.82) is 0 Å². The highest BCUT2D eigenvalue weighted by Crippen LogP contribution is 2.39. The first-order valence-electron chi connectivity index (χ1n) is 10.8. The van der Waals surface area contributed by atoms with Crippen LogP contribution in [0.4, 0.5) is 22.4 Å². The summed E-state index contributed by atoms with van der Waals surface area (Å²) >= 11 is 3.51. The second-order valence-corrected chi connectivity index (χ2v) is 10.1. The Balaban J connectivity index is 1.27. The summed E-state index contributed by atoms with van der Waals surface area (Å²) in [7, 11) is 0. The zero-order chi connectivity index (χ0) is 22.0. The molecule has 3 N–H and O–H groups in total. The van der Waals surface area contributed by atoms with Crippen LogP contribution in [0.2, 0.25) is 0 Å². The van der Waals surface area contributed by atoms with Crippen LogP contribution in [0.15, 0.2) is 16.7 Å². The number of ether oxygens (including phenoxy) is 1. The van der Waals surface area contributed by atoms with Crippen LogP contribution in [0.3, 0.4) is 0 Å². The molecule has 2 aromatic rings. The predicted molar refractivity (Wildman–Crippen MR) is 123 cm³/mol. The van der Waals surface area contributed by atoms with E-state index in [9.17, 15) is 4.79 Å². The fourth-order valence-electron chi connectivity index (χ4n) is 3.54. The number of nitrogens with one attached hydrogen (secondary N) is 3. The molecule has 1 amide bonds. The van der Waals surface area contributed by atoms with Gasteiger partial charge < -0.3 is 20.3 Å². The van der Waals surface area contributed by atoms with Crippen molar-refractivity contribution in [3.8, 4) is 0 Å². The number of halogens is 1. The third-order valence-electron chi connectivity index (χ3n) is 5.41. The first kappa shape index (κ1) is 21.9. The molecule has 1 aliphatic carbocycles. The van der Waals surface area contributed by atoms with Crippen molar-refractivity contribution in [2.24, 2.45) is 5.92 Å². The highest BCUT2D eigenvalue weighted by Gasteiger charge is 2.27. The van der Waals surface area contributed by atoms with Crippen LogP contribution < -0.4 is 10.6 Å². The van der Waals surface area contributed by atoms with Gasteiger partial charge in [-0.3, -0.25) is 5.10 Å². The molecule has 168 valence electrons. The minimum absolute atomic E-state index is 0.227. The average molecular weight is 492 g/mol. The smallest absolute Gasteiger partial charge is 0.410 e. The van der Waals surface area contributed by atoms with Crippen LogP contribution in [0.25, 0.3) is 0 Å². The standard InChI is InChI=1S/C21H30BrN7O2/c1-21(2,3)31-20(30)29-8-6-13(7-9-29)11-23-19-24-12-15(22)18(26-19)25-17-10-16(27-28-17)14-4-5-14/h10,12-14H,4-9,11H2,1-3H3,(H3,23,24,25,26,27,28). The maximum atomic E-state index is 12.2. The molecule has 0 aromatic carbocycles. The number of hydrogen-bond acceptors (Lipinski definition) is 7. The van der Waals surface area contributed by atoms with Crippen molar-refractivity contribution in [3.05, 3.63) is 22.4 Å². The molecule has 0 bridgehead atoms. The van der Waals surface area contributed by atoms with Gasteiger partial charge in [-0.15, -0.1) is 0 Å². The van der Waals surface area contributed by atoms with Crippen LogP contribution in [-0.2, 0) is 4.74 Å². The Labute approximate surface area is 190 Å². The van der Waals surface area contributed by atoms with E-state index >= 15 is 0 Å². The molecule has 0 atom stereocenters. The van der Waals surface area contributed by atoms with Crippen LogP contribution in [0.1, 0.15) is 58.1 Å². The lowest BCUT2D eigenvalue weighted by Crippen LogP contribution is -2.42. The third kappa shape index (κ3) is 6.09. The summed E-state index contributed by atoms with van der Waals surface area (Å²) in [4.78, 5) is 23.0. The summed E-state index contributed by atoms with van der Waals surface area (Å²) in [6, 6.07) is 2.04. The minimum Gasteiger partial charge on any atom is -0.444 e. The molecule has 1 saturated carbocycles. The van der Waals surface area contributed by atoms with Gasteiger partial charge in [0.15, 0.2) is 5.82 Å². The zero-order valence-corrected chi connectivity index (χ0v) is 19.8. The summed E-state index contributed by atoms with van der Waals surface area (Å²) in [5.41, 5.74) is 0.638. The number of carbonyl (C=O) groups is 1. The van der Waals surface area contributed by atoms with E-state index in [1.807, 2.05) is 26.8 Å². The van der Waals surface area contributed by atoms with Crippen molar-refractivity contribution in [3.63, 3.8) is 0 Å². The molecule has 0 spiro atoms. The van der Waals surface area contributed by atoms with Crippen LogP contribution in [-0.4, -0.2) is 56.4 Å². The highest BCUT2D eigenvalue weighted by atomic mass is 79.9. The second kappa shape index (κ2) is 9.02. The van der Waals surface area contributed by atoms with Crippen LogP contribution in [0, 0.1) is 5.92 Å². The molecule has 1 saturated heterocycles. The summed E-state index contributed by atoms with van der Waals surface area (Å²) in [5.74, 6) is 3.13. The topological polar surface area (TPSA) is 108 Å². The van der Waals surface area contributed by atoms with Gasteiger partial charge in [0.25, 0.3) is 0 Å². The van der Waals surface area contributed by atoms with E-state index in [2.05, 4.69) is 46.7 Å². The van der Waals surface area contributed by atoms with Gasteiger partial charge in [-0.25, -0.2) is 9.78 Å². The van der Waals surface area contributed by atoms with E-state index in [0.29, 0.717) is 36.7 Å². The maximum absolute atomic E-state index is 12.2. The van der Waals surface area contributed by atoms with E-state index in [-0.39, 0.29) is 6.09 Å². The SMILES string of the molecule is CC(C)(C)OC(=O)N1CCC(CNc2ncc(Br)c(Nc3cc(C4CC4)n[nH]3)n2)CC1. The Hall–Kier alpha value is -2.36. The largest absolute Gasteiger partial charge is 0.444 e. The van der Waals surface area contributed by atoms with Crippen molar-refractivity contribution in [1.82, 2.24) is 25.1 Å². The summed E-state index contributed by atoms with van der Waals surface area (Å²) in [6.45, 7) is 7.85. The van der Waals surface area contributed by atoms with E-state index in [1.54, 1.807) is 11.1 Å². The van der Waals surface area contributed by atoms with Crippen LogP contribution >= 0.6 is 15.9 Å². The number of aromatic amines is 1. The number of amides is 1. The van der Waals surface area contributed by atoms with E-state index < -0.39 is 5.60 Å². The Morgan fingerprint density at radius 2 is 2.03 bits per heavy atom. The molecule has 31 heavy (non-hydrogen) atoms. The number of nitrogens with zero attached hydrogens (tertiary/aromatic N) is 4. The normalized spacial score (nSPS) is 17.5. The average Bonchev–Trinajstić information content (AvgIpc) is 3.47. The quantitative estimate of drug-likeness (QED) is 0.539. The Kier molecular flexibility index (Phi) is 6.36. The Bertz CT molecular complexity index is 915. The Morgan fingerprint density at radius 1 is 1.29 bits per heavy atom. The molecule has 4 rings (SSSR count). The minimum atomic E-state index is -0.462. The number of hydrogen-bond donors (Lipinski definition) is 3. The molecular weight excluding hydrogens is 462 g/mol. The summed E-state index contributed by atoms with van der Waals surface area (Å²) in [5, 5.41) is 14.0. The van der Waals surface area contributed by atoms with Gasteiger partial charge in [0.2, 0.25) is 5.95 Å². The lowest BCUT2D eigenvalue weighted by Gasteiger charge is -2.33. The number of likely N-dealkylation sites (tertiary alicyclic amines) is 1. The van der Waals surface area contributed by atoms with Crippen molar-refractivity contribution in [2.45, 2.75) is 58.0 Å². The molecule has 9 nitrogen and oxygen atoms in total. The predicted octanol–water partition coefficient (Wildman–Crippen LogP) is 4.64. The molecular formula is C21H30BrN7O2. The van der Waals surface area contributed by atoms with Crippen molar-refractivity contribution < 1.29 is 9.53 Å². The number of rotatable bonds is 6. The lowest BCUT2D eigenvalue weighted by molar-refractivity contribution is 0.0188. The number of carbonyl (C=O) groups excluding carboxylic acids is 1. The molecule has 0 unspecified atom stereocenters. The van der Waals surface area contributed by atoms with E-state index in [1.165, 1.54) is 12.8 Å². The lowest BCUT2D eigenvalue weighted by atomic mass is 9.97. The number of H-pyrrole nitrogens is 1. The molecule has 10 heteroatoms. The van der Waals surface area contributed by atoms with E-state index in [0.717, 1.165) is 35.4 Å². The fraction of sp³-hybridized carbons (Fsp3) is 0.619. The zero-order valence-electron chi connectivity index (χ0n) is 18.2. The van der Waals surface area contributed by atoms with Gasteiger partial charge in [0.05, 0.1) is 10.2 Å². The number of piperidine rings is 1. The van der Waals surface area contributed by atoms with Crippen LogP contribution in [0.5, 0.6) is 0 Å². The number of anilines is 3. The number of aromatic nitrogens is 4. The summed E-state index contributed by atoms with van der Waals surface area (Å²) < 4.78 is 6.25. The molecule has 0 radical (unpaired) electrons. The van der Waals surface area contributed by atoms with Gasteiger partial charge in [-0.05, 0) is 68.3 Å². The molecule has 2 fully saturated rings. The van der Waals surface area contributed by atoms with Gasteiger partial charge >= 0.3 is 6.09 Å². The van der Waals surface area contributed by atoms with Gasteiger partial charge in [-0.1, -0.05) is 0 Å². The van der Waals surface area contributed by atoms with Crippen molar-refractivity contribution >= 4 is 39.6 Å². The fourth-order valence-corrected chi connectivity index (χ4v) is 3.83.